The average Bonchev–Trinajstić information content (AvgIpc) is 2.94. The minimum atomic E-state index is -0.0131. The van der Waals surface area contributed by atoms with Crippen LogP contribution in [0.4, 0.5) is 0 Å². The molecule has 1 amide bonds. The number of hydrogen-bond acceptors (Lipinski definition) is 3. The number of aryl methyl sites for hydroxylation is 2. The average molecular weight is 326 g/mol. The molecule has 5 heteroatoms. The van der Waals surface area contributed by atoms with Crippen LogP contribution in [0.5, 0.6) is 0 Å². The maximum absolute atomic E-state index is 12.4. The zero-order valence-corrected chi connectivity index (χ0v) is 14.5. The van der Waals surface area contributed by atoms with E-state index >= 15 is 0 Å². The zero-order chi connectivity index (χ0) is 16.9. The van der Waals surface area contributed by atoms with Crippen LogP contribution in [0, 0.1) is 6.92 Å². The molecule has 0 atom stereocenters. The molecule has 0 unspecified atom stereocenters. The van der Waals surface area contributed by atoms with E-state index in [2.05, 4.69) is 45.6 Å². The Morgan fingerprint density at radius 2 is 1.96 bits per heavy atom. The Kier molecular flexibility index (Phi) is 5.30. The number of aromatic nitrogens is 2. The first-order valence-electron chi connectivity index (χ1n) is 8.69. The number of likely N-dealkylation sites (tertiary alicyclic amines) is 1. The summed E-state index contributed by atoms with van der Waals surface area (Å²) in [5, 5.41) is 7.40. The van der Waals surface area contributed by atoms with Gasteiger partial charge in [0.05, 0.1) is 5.69 Å². The second kappa shape index (κ2) is 7.62. The number of piperidine rings is 1. The van der Waals surface area contributed by atoms with Crippen LogP contribution in [0.15, 0.2) is 36.4 Å². The lowest BCUT2D eigenvalue weighted by atomic mass is 10.0. The van der Waals surface area contributed by atoms with Crippen molar-refractivity contribution in [1.29, 1.82) is 0 Å². The number of nitrogens with one attached hydrogen (secondary N) is 1. The summed E-state index contributed by atoms with van der Waals surface area (Å²) in [6.07, 6.45) is 3.11. The third kappa shape index (κ3) is 4.23. The molecule has 0 radical (unpaired) electrons. The van der Waals surface area contributed by atoms with Gasteiger partial charge < -0.3 is 10.2 Å². The van der Waals surface area contributed by atoms with E-state index in [1.807, 2.05) is 20.0 Å². The molecular weight excluding hydrogens is 300 g/mol. The quantitative estimate of drug-likeness (QED) is 0.916. The number of rotatable bonds is 5. The van der Waals surface area contributed by atoms with E-state index in [1.54, 1.807) is 4.68 Å². The Labute approximate surface area is 143 Å². The fraction of sp³-hybridized carbons (Fsp3) is 0.474. The van der Waals surface area contributed by atoms with Crippen LogP contribution >= 0.6 is 0 Å². The van der Waals surface area contributed by atoms with Gasteiger partial charge in [-0.25, -0.2) is 0 Å². The van der Waals surface area contributed by atoms with Crippen molar-refractivity contribution in [3.63, 3.8) is 0 Å². The van der Waals surface area contributed by atoms with Gasteiger partial charge in [0.25, 0.3) is 5.91 Å². The maximum Gasteiger partial charge on any atom is 0.269 e. The summed E-state index contributed by atoms with van der Waals surface area (Å²) in [5.74, 6) is -0.0131. The molecule has 3 rings (SSSR count). The third-order valence-corrected chi connectivity index (χ3v) is 4.72. The Morgan fingerprint density at radius 1 is 1.25 bits per heavy atom. The normalized spacial score (nSPS) is 16.2. The molecule has 1 N–H and O–H groups in total. The molecule has 1 saturated heterocycles. The largest absolute Gasteiger partial charge is 0.348 e. The van der Waals surface area contributed by atoms with E-state index < -0.39 is 0 Å². The van der Waals surface area contributed by atoms with Crippen molar-refractivity contribution in [1.82, 2.24) is 20.0 Å². The Morgan fingerprint density at radius 3 is 2.58 bits per heavy atom. The molecule has 1 aliphatic rings. The van der Waals surface area contributed by atoms with Gasteiger partial charge >= 0.3 is 0 Å². The predicted octanol–water partition coefficient (Wildman–Crippen LogP) is 2.17. The molecule has 1 aromatic heterocycles. The molecule has 2 heterocycles. The monoisotopic (exact) mass is 326 g/mol. The van der Waals surface area contributed by atoms with Crippen molar-refractivity contribution in [3.8, 4) is 0 Å². The number of nitrogens with zero attached hydrogens (tertiary/aromatic N) is 3. The van der Waals surface area contributed by atoms with Crippen molar-refractivity contribution in [2.45, 2.75) is 32.2 Å². The first-order chi connectivity index (χ1) is 11.6. The van der Waals surface area contributed by atoms with E-state index in [1.165, 1.54) is 5.56 Å². The van der Waals surface area contributed by atoms with Crippen LogP contribution in [-0.2, 0) is 13.5 Å². The Hall–Kier alpha value is -2.14. The highest BCUT2D eigenvalue weighted by Gasteiger charge is 2.22. The number of hydrogen-bond donors (Lipinski definition) is 1. The van der Waals surface area contributed by atoms with Crippen LogP contribution in [-0.4, -0.2) is 46.3 Å². The van der Waals surface area contributed by atoms with E-state index in [0.717, 1.165) is 44.6 Å². The van der Waals surface area contributed by atoms with Gasteiger partial charge in [-0.2, -0.15) is 5.10 Å². The lowest BCUT2D eigenvalue weighted by Gasteiger charge is -2.32. The first kappa shape index (κ1) is 16.7. The summed E-state index contributed by atoms with van der Waals surface area (Å²) < 4.78 is 1.65. The van der Waals surface area contributed by atoms with Crippen molar-refractivity contribution in [2.75, 3.05) is 19.6 Å². The van der Waals surface area contributed by atoms with E-state index in [0.29, 0.717) is 5.69 Å². The van der Waals surface area contributed by atoms with Gasteiger partial charge in [0.2, 0.25) is 0 Å². The van der Waals surface area contributed by atoms with Crippen LogP contribution in [0.1, 0.15) is 34.6 Å². The summed E-state index contributed by atoms with van der Waals surface area (Å²) >= 11 is 0. The summed E-state index contributed by atoms with van der Waals surface area (Å²) in [6, 6.07) is 12.7. The van der Waals surface area contributed by atoms with Crippen molar-refractivity contribution in [2.24, 2.45) is 7.05 Å². The second-order valence-electron chi connectivity index (χ2n) is 6.62. The minimum absolute atomic E-state index is 0.0131. The van der Waals surface area contributed by atoms with Crippen molar-refractivity contribution >= 4 is 5.91 Å². The van der Waals surface area contributed by atoms with Gasteiger partial charge in [-0.1, -0.05) is 30.3 Å². The van der Waals surface area contributed by atoms with E-state index in [9.17, 15) is 4.79 Å². The summed E-state index contributed by atoms with van der Waals surface area (Å²) in [4.78, 5) is 14.8. The molecule has 0 spiro atoms. The summed E-state index contributed by atoms with van der Waals surface area (Å²) in [7, 11) is 1.81. The maximum atomic E-state index is 12.4. The minimum Gasteiger partial charge on any atom is -0.348 e. The van der Waals surface area contributed by atoms with Crippen molar-refractivity contribution in [3.05, 3.63) is 53.3 Å². The molecule has 2 aromatic rings. The molecule has 5 nitrogen and oxygen atoms in total. The summed E-state index contributed by atoms with van der Waals surface area (Å²) in [6.45, 7) is 5.08. The highest BCUT2D eigenvalue weighted by Crippen LogP contribution is 2.12. The number of carbonyl (C=O) groups is 1. The van der Waals surface area contributed by atoms with Gasteiger partial charge in [0.1, 0.15) is 5.69 Å². The smallest absolute Gasteiger partial charge is 0.269 e. The molecule has 128 valence electrons. The zero-order valence-electron chi connectivity index (χ0n) is 14.5. The van der Waals surface area contributed by atoms with E-state index in [4.69, 9.17) is 0 Å². The Balaban J connectivity index is 1.43. The lowest BCUT2D eigenvalue weighted by molar-refractivity contribution is 0.0902. The third-order valence-electron chi connectivity index (χ3n) is 4.72. The summed E-state index contributed by atoms with van der Waals surface area (Å²) in [5.41, 5.74) is 2.90. The first-order valence-corrected chi connectivity index (χ1v) is 8.69. The van der Waals surface area contributed by atoms with Gasteiger partial charge in [0, 0.05) is 32.7 Å². The molecule has 1 aliphatic heterocycles. The van der Waals surface area contributed by atoms with Gasteiger partial charge in [0.15, 0.2) is 0 Å². The van der Waals surface area contributed by atoms with Gasteiger partial charge in [-0.15, -0.1) is 0 Å². The molecule has 0 bridgehead atoms. The van der Waals surface area contributed by atoms with Gasteiger partial charge in [-0.3, -0.25) is 9.48 Å². The SMILES string of the molecule is Cc1cc(C(=O)NC2CCN(CCc3ccccc3)CC2)n(C)n1. The fourth-order valence-corrected chi connectivity index (χ4v) is 3.32. The molecular formula is C19H26N4O. The standard InChI is InChI=1S/C19H26N4O/c1-15-14-18(22(2)21-15)19(24)20-17-9-12-23(13-10-17)11-8-16-6-4-3-5-7-16/h3-7,14,17H,8-13H2,1-2H3,(H,20,24). The van der Waals surface area contributed by atoms with Crippen molar-refractivity contribution < 1.29 is 4.79 Å². The lowest BCUT2D eigenvalue weighted by Crippen LogP contribution is -2.45. The van der Waals surface area contributed by atoms with Gasteiger partial charge in [-0.05, 0) is 37.8 Å². The number of carbonyl (C=O) groups excluding carboxylic acids is 1. The van der Waals surface area contributed by atoms with E-state index in [-0.39, 0.29) is 11.9 Å². The molecule has 0 saturated carbocycles. The highest BCUT2D eigenvalue weighted by atomic mass is 16.2. The topological polar surface area (TPSA) is 50.2 Å². The van der Waals surface area contributed by atoms with Crippen LogP contribution in [0.3, 0.4) is 0 Å². The molecule has 1 fully saturated rings. The Bertz CT molecular complexity index is 672. The molecule has 0 aliphatic carbocycles. The fourth-order valence-electron chi connectivity index (χ4n) is 3.32. The second-order valence-corrected chi connectivity index (χ2v) is 6.62. The van der Waals surface area contributed by atoms with Crippen LogP contribution < -0.4 is 5.32 Å². The highest BCUT2D eigenvalue weighted by molar-refractivity contribution is 5.92. The number of amides is 1. The molecule has 1 aromatic carbocycles. The predicted molar refractivity (Wildman–Crippen MR) is 95.0 cm³/mol. The van der Waals surface area contributed by atoms with Crippen LogP contribution in [0.25, 0.3) is 0 Å². The number of benzene rings is 1. The van der Waals surface area contributed by atoms with Crippen LogP contribution in [0.2, 0.25) is 0 Å². The molecule has 24 heavy (non-hydrogen) atoms.